The van der Waals surface area contributed by atoms with Gasteiger partial charge in [-0.3, -0.25) is 9.59 Å². The molecule has 0 fully saturated rings. The average Bonchev–Trinajstić information content (AvgIpc) is 3.24. The lowest BCUT2D eigenvalue weighted by molar-refractivity contribution is -0.120. The summed E-state index contributed by atoms with van der Waals surface area (Å²) >= 11 is 1.94. The second-order valence-corrected chi connectivity index (χ2v) is 9.51. The molecule has 4 aromatic rings. The number of amides is 1. The molecular formula is C28H24INO7. The minimum absolute atomic E-state index is 0.0612. The molecule has 37 heavy (non-hydrogen) atoms. The maximum Gasteiger partial charge on any atom is 0.343 e. The number of unbranched alkanes of at least 4 members (excludes halogenated alkanes) is 1. The lowest BCUT2D eigenvalue weighted by Gasteiger charge is -2.07. The summed E-state index contributed by atoms with van der Waals surface area (Å²) in [7, 11) is 1.58. The van der Waals surface area contributed by atoms with Crippen LogP contribution < -0.4 is 10.1 Å². The second-order valence-electron chi connectivity index (χ2n) is 8.35. The zero-order valence-electron chi connectivity index (χ0n) is 19.9. The number of hydrogen-bond donors (Lipinski definition) is 3. The number of rotatable bonds is 9. The highest BCUT2D eigenvalue weighted by Crippen LogP contribution is 2.38. The highest BCUT2D eigenvalue weighted by Gasteiger charge is 2.25. The molecule has 4 rings (SSSR count). The van der Waals surface area contributed by atoms with Gasteiger partial charge in [0.2, 0.25) is 5.91 Å². The van der Waals surface area contributed by atoms with Gasteiger partial charge in [0.05, 0.1) is 14.7 Å². The topological polar surface area (TPSA) is 126 Å². The molecular weight excluding hydrogens is 589 g/mol. The van der Waals surface area contributed by atoms with Crippen molar-refractivity contribution in [3.05, 3.63) is 86.7 Å². The largest absolute Gasteiger partial charge is 0.507 e. The monoisotopic (exact) mass is 613 g/mol. The molecule has 0 aliphatic rings. The van der Waals surface area contributed by atoms with Crippen molar-refractivity contribution in [3.63, 3.8) is 0 Å². The van der Waals surface area contributed by atoms with E-state index >= 15 is 0 Å². The number of carbonyl (C=O) groups excluding carboxylic acids is 3. The summed E-state index contributed by atoms with van der Waals surface area (Å²) in [6.45, 7) is 0. The second kappa shape index (κ2) is 11.5. The van der Waals surface area contributed by atoms with Gasteiger partial charge < -0.3 is 24.7 Å². The summed E-state index contributed by atoms with van der Waals surface area (Å²) < 4.78 is 11.9. The predicted molar refractivity (Wildman–Crippen MR) is 145 cm³/mol. The van der Waals surface area contributed by atoms with E-state index in [9.17, 15) is 24.6 Å². The van der Waals surface area contributed by atoms with Gasteiger partial charge in [0.15, 0.2) is 17.3 Å². The number of aromatic hydroxyl groups is 2. The van der Waals surface area contributed by atoms with Crippen molar-refractivity contribution in [2.24, 2.45) is 0 Å². The summed E-state index contributed by atoms with van der Waals surface area (Å²) in [6.07, 6.45) is 1.90. The van der Waals surface area contributed by atoms with E-state index in [0.29, 0.717) is 51.5 Å². The van der Waals surface area contributed by atoms with Crippen LogP contribution in [0.4, 0.5) is 0 Å². The predicted octanol–water partition coefficient (Wildman–Crippen LogP) is 5.36. The fraction of sp³-hybridized carbons (Fsp3) is 0.179. The van der Waals surface area contributed by atoms with Gasteiger partial charge >= 0.3 is 5.97 Å². The molecule has 0 atom stereocenters. The number of benzene rings is 3. The molecule has 0 aliphatic heterocycles. The molecule has 3 N–H and O–H groups in total. The molecule has 0 saturated carbocycles. The number of ketones is 1. The number of hydrogen-bond acceptors (Lipinski definition) is 7. The number of nitrogens with one attached hydrogen (secondary N) is 1. The summed E-state index contributed by atoms with van der Waals surface area (Å²) in [5.74, 6) is -1.03. The van der Waals surface area contributed by atoms with Gasteiger partial charge in [-0.25, -0.2) is 4.79 Å². The number of fused-ring (bicyclic) bond motifs is 1. The molecule has 0 unspecified atom stereocenters. The van der Waals surface area contributed by atoms with Crippen LogP contribution in [0.15, 0.2) is 65.1 Å². The number of halogens is 1. The first-order valence-corrected chi connectivity index (χ1v) is 12.7. The zero-order valence-corrected chi connectivity index (χ0v) is 22.1. The molecule has 0 bridgehead atoms. The first kappa shape index (κ1) is 26.2. The van der Waals surface area contributed by atoms with Crippen LogP contribution >= 0.6 is 22.6 Å². The van der Waals surface area contributed by atoms with Gasteiger partial charge in [-0.1, -0.05) is 18.2 Å². The number of carbonyl (C=O) groups is 3. The lowest BCUT2D eigenvalue weighted by atomic mass is 9.97. The third-order valence-corrected chi connectivity index (χ3v) is 6.69. The summed E-state index contributed by atoms with van der Waals surface area (Å²) in [4.78, 5) is 37.7. The SMILES string of the molecule is CNC(=O)CCCCc1oc2cc(OC(=O)c3ccccc3)c(O)cc2c1C(=O)c1ccc(O)c(I)c1. The average molecular weight is 613 g/mol. The fourth-order valence-corrected chi connectivity index (χ4v) is 4.41. The van der Waals surface area contributed by atoms with E-state index < -0.39 is 5.97 Å². The van der Waals surface area contributed by atoms with Crippen molar-refractivity contribution < 1.29 is 33.8 Å². The third-order valence-electron chi connectivity index (χ3n) is 5.83. The highest BCUT2D eigenvalue weighted by molar-refractivity contribution is 14.1. The van der Waals surface area contributed by atoms with Gasteiger partial charge in [0, 0.05) is 36.9 Å². The molecule has 3 aromatic carbocycles. The first-order valence-electron chi connectivity index (χ1n) is 11.6. The molecule has 0 radical (unpaired) electrons. The molecule has 190 valence electrons. The van der Waals surface area contributed by atoms with E-state index in [0.717, 1.165) is 0 Å². The van der Waals surface area contributed by atoms with Crippen molar-refractivity contribution in [1.29, 1.82) is 0 Å². The number of aryl methyl sites for hydroxylation is 1. The molecule has 0 spiro atoms. The highest BCUT2D eigenvalue weighted by atomic mass is 127. The molecule has 1 heterocycles. The van der Waals surface area contributed by atoms with Gasteiger partial charge in [0.25, 0.3) is 0 Å². The fourth-order valence-electron chi connectivity index (χ4n) is 3.89. The summed E-state index contributed by atoms with van der Waals surface area (Å²) in [6, 6.07) is 15.6. The van der Waals surface area contributed by atoms with Gasteiger partial charge in [-0.05, 0) is 71.8 Å². The van der Waals surface area contributed by atoms with Gasteiger partial charge in [-0.15, -0.1) is 0 Å². The Morgan fingerprint density at radius 1 is 0.946 bits per heavy atom. The number of phenols is 2. The van der Waals surface area contributed by atoms with Crippen molar-refractivity contribution in [1.82, 2.24) is 5.32 Å². The van der Waals surface area contributed by atoms with Gasteiger partial charge in [0.1, 0.15) is 17.1 Å². The molecule has 0 aliphatic carbocycles. The Hall–Kier alpha value is -3.86. The molecule has 0 saturated heterocycles. The molecule has 1 amide bonds. The first-order chi connectivity index (χ1) is 17.8. The van der Waals surface area contributed by atoms with Crippen LogP contribution in [0.2, 0.25) is 0 Å². The van der Waals surface area contributed by atoms with E-state index in [1.165, 1.54) is 24.3 Å². The maximum atomic E-state index is 13.6. The Balaban J connectivity index is 1.71. The Labute approximate surface area is 226 Å². The van der Waals surface area contributed by atoms with Gasteiger partial charge in [-0.2, -0.15) is 0 Å². The Bertz CT molecular complexity index is 1480. The van der Waals surface area contributed by atoms with Crippen molar-refractivity contribution in [3.8, 4) is 17.2 Å². The Kier molecular flexibility index (Phi) is 8.12. The van der Waals surface area contributed by atoms with Crippen molar-refractivity contribution in [2.75, 3.05) is 7.05 Å². The normalized spacial score (nSPS) is 10.9. The van der Waals surface area contributed by atoms with Crippen molar-refractivity contribution in [2.45, 2.75) is 25.7 Å². The van der Waals surface area contributed by atoms with Crippen LogP contribution in [-0.2, 0) is 11.2 Å². The number of phenolic OH excluding ortho intramolecular Hbond substituents is 2. The third kappa shape index (κ3) is 5.93. The summed E-state index contributed by atoms with van der Waals surface area (Å²) in [5, 5.41) is 23.5. The Morgan fingerprint density at radius 3 is 2.41 bits per heavy atom. The van der Waals surface area contributed by atoms with E-state index in [1.807, 2.05) is 22.6 Å². The molecule has 1 aromatic heterocycles. The number of ether oxygens (including phenoxy) is 1. The van der Waals surface area contributed by atoms with Crippen LogP contribution in [0.5, 0.6) is 17.2 Å². The van der Waals surface area contributed by atoms with Crippen LogP contribution in [0.1, 0.15) is 51.3 Å². The molecule has 8 nitrogen and oxygen atoms in total. The minimum atomic E-state index is -0.647. The number of furan rings is 1. The van der Waals surface area contributed by atoms with E-state index in [4.69, 9.17) is 9.15 Å². The van der Waals surface area contributed by atoms with Crippen LogP contribution in [-0.4, -0.2) is 34.9 Å². The summed E-state index contributed by atoms with van der Waals surface area (Å²) in [5.41, 5.74) is 1.20. The van der Waals surface area contributed by atoms with E-state index in [-0.39, 0.29) is 40.1 Å². The molecule has 9 heteroatoms. The van der Waals surface area contributed by atoms with Crippen LogP contribution in [0, 0.1) is 3.57 Å². The standard InChI is InChI=1S/C28H24INO7/c1-30-25(33)10-6-5-9-22-26(27(34)17-11-12-20(31)19(29)13-17)18-14-21(32)24(15-23(18)36-22)37-28(35)16-7-3-2-4-8-16/h2-4,7-8,11-15,31-32H,5-6,9-10H2,1H3,(H,30,33). The van der Waals surface area contributed by atoms with Crippen LogP contribution in [0.25, 0.3) is 11.0 Å². The lowest BCUT2D eigenvalue weighted by Crippen LogP contribution is -2.17. The quantitative estimate of drug-likeness (QED) is 0.0764. The van der Waals surface area contributed by atoms with Crippen molar-refractivity contribution >= 4 is 51.2 Å². The zero-order chi connectivity index (χ0) is 26.5. The maximum absolute atomic E-state index is 13.6. The minimum Gasteiger partial charge on any atom is -0.507 e. The Morgan fingerprint density at radius 2 is 1.70 bits per heavy atom. The smallest absolute Gasteiger partial charge is 0.343 e. The number of esters is 1. The van der Waals surface area contributed by atoms with E-state index in [1.54, 1.807) is 43.4 Å². The van der Waals surface area contributed by atoms with E-state index in [2.05, 4.69) is 5.32 Å². The van der Waals surface area contributed by atoms with Crippen LogP contribution in [0.3, 0.4) is 0 Å².